The SMILES string of the molecule is O=C(/C=C/c1cc(F)cc(F)c1)c1cc2ccccc2s1. The van der Waals surface area contributed by atoms with E-state index in [0.29, 0.717) is 10.4 Å². The highest BCUT2D eigenvalue weighted by atomic mass is 32.1. The zero-order chi connectivity index (χ0) is 14.8. The van der Waals surface area contributed by atoms with Crippen molar-refractivity contribution in [3.05, 3.63) is 76.7 Å². The minimum Gasteiger partial charge on any atom is -0.288 e. The second-order valence-electron chi connectivity index (χ2n) is 4.55. The van der Waals surface area contributed by atoms with Crippen molar-refractivity contribution in [3.8, 4) is 0 Å². The quantitative estimate of drug-likeness (QED) is 0.487. The highest BCUT2D eigenvalue weighted by Gasteiger charge is 2.07. The molecule has 0 amide bonds. The van der Waals surface area contributed by atoms with E-state index in [0.717, 1.165) is 16.2 Å². The molecule has 0 unspecified atom stereocenters. The molecule has 1 nitrogen and oxygen atoms in total. The number of fused-ring (bicyclic) bond motifs is 1. The van der Waals surface area contributed by atoms with Crippen LogP contribution in [0.3, 0.4) is 0 Å². The van der Waals surface area contributed by atoms with Crippen LogP contribution in [0.15, 0.2) is 54.6 Å². The Morgan fingerprint density at radius 1 is 1.00 bits per heavy atom. The first-order chi connectivity index (χ1) is 10.1. The van der Waals surface area contributed by atoms with Crippen LogP contribution in [0.5, 0.6) is 0 Å². The van der Waals surface area contributed by atoms with Gasteiger partial charge in [-0.1, -0.05) is 24.3 Å². The van der Waals surface area contributed by atoms with E-state index < -0.39 is 11.6 Å². The third-order valence-corrected chi connectivity index (χ3v) is 4.11. The van der Waals surface area contributed by atoms with Gasteiger partial charge < -0.3 is 0 Å². The lowest BCUT2D eigenvalue weighted by Gasteiger charge is -1.95. The minimum absolute atomic E-state index is 0.180. The average molecular weight is 300 g/mol. The largest absolute Gasteiger partial charge is 0.288 e. The Labute approximate surface area is 124 Å². The molecule has 0 atom stereocenters. The molecule has 0 saturated heterocycles. The highest BCUT2D eigenvalue weighted by Crippen LogP contribution is 2.26. The first kappa shape index (κ1) is 13.6. The van der Waals surface area contributed by atoms with Crippen LogP contribution in [0.25, 0.3) is 16.2 Å². The summed E-state index contributed by atoms with van der Waals surface area (Å²) in [7, 11) is 0. The molecule has 0 spiro atoms. The smallest absolute Gasteiger partial charge is 0.195 e. The second-order valence-corrected chi connectivity index (χ2v) is 5.63. The summed E-state index contributed by atoms with van der Waals surface area (Å²) < 4.78 is 27.1. The van der Waals surface area contributed by atoms with E-state index in [-0.39, 0.29) is 5.78 Å². The number of ketones is 1. The van der Waals surface area contributed by atoms with Gasteiger partial charge in [-0.2, -0.15) is 0 Å². The third kappa shape index (κ3) is 3.06. The van der Waals surface area contributed by atoms with Gasteiger partial charge in [0, 0.05) is 10.8 Å². The summed E-state index contributed by atoms with van der Waals surface area (Å²) in [6.07, 6.45) is 2.75. The normalized spacial score (nSPS) is 11.3. The number of hydrogen-bond donors (Lipinski definition) is 0. The molecule has 0 bridgehead atoms. The van der Waals surface area contributed by atoms with E-state index in [1.54, 1.807) is 0 Å². The zero-order valence-electron chi connectivity index (χ0n) is 10.8. The molecule has 2 aromatic carbocycles. The van der Waals surface area contributed by atoms with Gasteiger partial charge >= 0.3 is 0 Å². The molecular formula is C17H10F2OS. The van der Waals surface area contributed by atoms with Gasteiger partial charge in [-0.15, -0.1) is 11.3 Å². The number of allylic oxidation sites excluding steroid dienone is 1. The lowest BCUT2D eigenvalue weighted by Crippen LogP contribution is -1.89. The number of benzene rings is 2. The van der Waals surface area contributed by atoms with Crippen molar-refractivity contribution in [1.82, 2.24) is 0 Å². The minimum atomic E-state index is -0.663. The van der Waals surface area contributed by atoms with Gasteiger partial charge in [0.15, 0.2) is 5.78 Å². The summed E-state index contributed by atoms with van der Waals surface area (Å²) in [6.45, 7) is 0. The summed E-state index contributed by atoms with van der Waals surface area (Å²) in [5.41, 5.74) is 0.321. The number of carbonyl (C=O) groups is 1. The summed E-state index contributed by atoms with van der Waals surface area (Å²) in [6, 6.07) is 12.7. The van der Waals surface area contributed by atoms with Crippen molar-refractivity contribution < 1.29 is 13.6 Å². The predicted molar refractivity (Wildman–Crippen MR) is 81.5 cm³/mol. The lowest BCUT2D eigenvalue weighted by molar-refractivity contribution is 0.105. The van der Waals surface area contributed by atoms with Crippen molar-refractivity contribution >= 4 is 33.3 Å². The third-order valence-electron chi connectivity index (χ3n) is 2.98. The first-order valence-electron chi connectivity index (χ1n) is 6.29. The van der Waals surface area contributed by atoms with E-state index in [1.165, 1.54) is 35.6 Å². The van der Waals surface area contributed by atoms with Crippen LogP contribution in [0.2, 0.25) is 0 Å². The Morgan fingerprint density at radius 2 is 1.71 bits per heavy atom. The van der Waals surface area contributed by atoms with E-state index in [4.69, 9.17) is 0 Å². The van der Waals surface area contributed by atoms with Crippen molar-refractivity contribution in [3.63, 3.8) is 0 Å². The van der Waals surface area contributed by atoms with Gasteiger partial charge in [-0.25, -0.2) is 8.78 Å². The molecule has 0 fully saturated rings. The molecule has 0 saturated carbocycles. The standard InChI is InChI=1S/C17H10F2OS/c18-13-7-11(8-14(19)10-13)5-6-15(20)17-9-12-3-1-2-4-16(12)21-17/h1-10H/b6-5+. The molecule has 0 radical (unpaired) electrons. The van der Waals surface area contributed by atoms with Crippen molar-refractivity contribution in [2.45, 2.75) is 0 Å². The van der Waals surface area contributed by atoms with Gasteiger partial charge in [0.25, 0.3) is 0 Å². The Kier molecular flexibility index (Phi) is 3.62. The number of thiophene rings is 1. The van der Waals surface area contributed by atoms with Crippen molar-refractivity contribution in [1.29, 1.82) is 0 Å². The van der Waals surface area contributed by atoms with Crippen molar-refractivity contribution in [2.24, 2.45) is 0 Å². The Hall–Kier alpha value is -2.33. The molecule has 104 valence electrons. The van der Waals surface area contributed by atoms with E-state index in [9.17, 15) is 13.6 Å². The monoisotopic (exact) mass is 300 g/mol. The number of halogens is 2. The molecule has 21 heavy (non-hydrogen) atoms. The van der Waals surface area contributed by atoms with Gasteiger partial charge in [-0.3, -0.25) is 4.79 Å². The van der Waals surface area contributed by atoms with Gasteiger partial charge in [-0.05, 0) is 41.3 Å². The lowest BCUT2D eigenvalue weighted by atomic mass is 10.1. The summed E-state index contributed by atoms with van der Waals surface area (Å²) >= 11 is 1.40. The van der Waals surface area contributed by atoms with Crippen LogP contribution in [0, 0.1) is 11.6 Å². The Bertz CT molecular complexity index is 796. The summed E-state index contributed by atoms with van der Waals surface area (Å²) in [4.78, 5) is 12.7. The first-order valence-corrected chi connectivity index (χ1v) is 7.10. The fourth-order valence-corrected chi connectivity index (χ4v) is 3.01. The summed E-state index contributed by atoms with van der Waals surface area (Å²) in [5.74, 6) is -1.51. The second kappa shape index (κ2) is 5.58. The van der Waals surface area contributed by atoms with Gasteiger partial charge in [0.2, 0.25) is 0 Å². The van der Waals surface area contributed by atoms with Crippen LogP contribution in [-0.4, -0.2) is 5.78 Å². The fraction of sp³-hybridized carbons (Fsp3) is 0. The number of hydrogen-bond acceptors (Lipinski definition) is 2. The molecule has 1 aromatic heterocycles. The molecule has 3 rings (SSSR count). The Morgan fingerprint density at radius 3 is 2.43 bits per heavy atom. The van der Waals surface area contributed by atoms with E-state index in [1.807, 2.05) is 30.3 Å². The van der Waals surface area contributed by atoms with Gasteiger partial charge in [0.1, 0.15) is 11.6 Å². The molecule has 0 aliphatic heterocycles. The molecule has 0 aliphatic carbocycles. The number of carbonyl (C=O) groups excluding carboxylic acids is 1. The molecule has 4 heteroatoms. The van der Waals surface area contributed by atoms with Crippen molar-refractivity contribution in [2.75, 3.05) is 0 Å². The van der Waals surface area contributed by atoms with Crippen LogP contribution < -0.4 is 0 Å². The molecular weight excluding hydrogens is 290 g/mol. The number of rotatable bonds is 3. The van der Waals surface area contributed by atoms with Crippen LogP contribution >= 0.6 is 11.3 Å². The predicted octanol–water partition coefficient (Wildman–Crippen LogP) is 5.08. The average Bonchev–Trinajstić information content (AvgIpc) is 2.87. The Balaban J connectivity index is 1.86. The van der Waals surface area contributed by atoms with E-state index >= 15 is 0 Å². The maximum Gasteiger partial charge on any atom is 0.195 e. The maximum atomic E-state index is 13.1. The van der Waals surface area contributed by atoms with Crippen LogP contribution in [0.4, 0.5) is 8.78 Å². The van der Waals surface area contributed by atoms with Gasteiger partial charge in [0.05, 0.1) is 4.88 Å². The topological polar surface area (TPSA) is 17.1 Å². The highest BCUT2D eigenvalue weighted by molar-refractivity contribution is 7.21. The van der Waals surface area contributed by atoms with E-state index in [2.05, 4.69) is 0 Å². The fourth-order valence-electron chi connectivity index (χ4n) is 2.03. The molecule has 0 N–H and O–H groups in total. The van der Waals surface area contributed by atoms with Crippen LogP contribution in [-0.2, 0) is 0 Å². The molecule has 0 aliphatic rings. The summed E-state index contributed by atoms with van der Waals surface area (Å²) in [5, 5.41) is 1.01. The maximum absolute atomic E-state index is 13.1. The van der Waals surface area contributed by atoms with Crippen LogP contribution in [0.1, 0.15) is 15.2 Å². The molecule has 3 aromatic rings. The molecule has 1 heterocycles. The zero-order valence-corrected chi connectivity index (χ0v) is 11.7.